The van der Waals surface area contributed by atoms with Gasteiger partial charge in [0, 0.05) is 18.8 Å². The minimum atomic E-state index is 0.719. The van der Waals surface area contributed by atoms with Gasteiger partial charge in [-0.3, -0.25) is 4.68 Å². The molecule has 0 radical (unpaired) electrons. The van der Waals surface area contributed by atoms with Crippen LogP contribution >= 0.6 is 0 Å². The second-order valence-electron chi connectivity index (χ2n) is 3.47. The van der Waals surface area contributed by atoms with E-state index < -0.39 is 0 Å². The molecule has 0 fully saturated rings. The molecular weight excluding hydrogens is 174 g/mol. The molecule has 14 heavy (non-hydrogen) atoms. The van der Waals surface area contributed by atoms with Crippen LogP contribution in [0.1, 0.15) is 5.56 Å². The van der Waals surface area contributed by atoms with Gasteiger partial charge in [0.05, 0.1) is 5.69 Å². The summed E-state index contributed by atoms with van der Waals surface area (Å²) in [4.78, 5) is 0. The molecule has 0 aliphatic carbocycles. The van der Waals surface area contributed by atoms with Crippen LogP contribution in [0.3, 0.4) is 0 Å². The monoisotopic (exact) mass is 187 g/mol. The fourth-order valence-corrected chi connectivity index (χ4v) is 1.44. The van der Waals surface area contributed by atoms with E-state index in [0.717, 1.165) is 16.9 Å². The molecule has 1 aromatic carbocycles. The Balaban J connectivity index is 2.49. The van der Waals surface area contributed by atoms with E-state index in [1.807, 2.05) is 25.4 Å². The summed E-state index contributed by atoms with van der Waals surface area (Å²) in [5, 5.41) is 4.30. The molecule has 0 atom stereocenters. The molecular formula is C11H13N3. The number of nitrogens with zero attached hydrogens (tertiary/aromatic N) is 2. The molecule has 0 aliphatic heterocycles. The summed E-state index contributed by atoms with van der Waals surface area (Å²) in [5.74, 6) is 0. The Morgan fingerprint density at radius 3 is 2.36 bits per heavy atom. The van der Waals surface area contributed by atoms with Gasteiger partial charge in [-0.05, 0) is 6.92 Å². The fourth-order valence-electron chi connectivity index (χ4n) is 1.44. The van der Waals surface area contributed by atoms with Gasteiger partial charge in [0.15, 0.2) is 0 Å². The maximum absolute atomic E-state index is 5.83. The zero-order chi connectivity index (χ0) is 10.1. The van der Waals surface area contributed by atoms with Crippen LogP contribution in [0.25, 0.3) is 11.3 Å². The number of rotatable bonds is 1. The zero-order valence-corrected chi connectivity index (χ0v) is 8.36. The van der Waals surface area contributed by atoms with E-state index in [9.17, 15) is 0 Å². The van der Waals surface area contributed by atoms with Gasteiger partial charge in [0.1, 0.15) is 5.69 Å². The van der Waals surface area contributed by atoms with Gasteiger partial charge in [-0.15, -0.1) is 0 Å². The first-order chi connectivity index (χ1) is 6.66. The average Bonchev–Trinajstić information content (AvgIpc) is 2.47. The van der Waals surface area contributed by atoms with Crippen molar-refractivity contribution in [2.45, 2.75) is 6.92 Å². The Labute approximate surface area is 83.2 Å². The molecule has 0 bridgehead atoms. The van der Waals surface area contributed by atoms with Crippen LogP contribution in [0, 0.1) is 6.92 Å². The van der Waals surface area contributed by atoms with E-state index in [-0.39, 0.29) is 0 Å². The van der Waals surface area contributed by atoms with Gasteiger partial charge in [0.25, 0.3) is 0 Å². The number of nitrogens with two attached hydrogens (primary N) is 1. The topological polar surface area (TPSA) is 43.8 Å². The van der Waals surface area contributed by atoms with Crippen molar-refractivity contribution in [2.75, 3.05) is 5.73 Å². The van der Waals surface area contributed by atoms with E-state index >= 15 is 0 Å². The summed E-state index contributed by atoms with van der Waals surface area (Å²) in [6.45, 7) is 2.06. The van der Waals surface area contributed by atoms with Crippen molar-refractivity contribution in [1.29, 1.82) is 0 Å². The Bertz CT molecular complexity index is 440. The van der Waals surface area contributed by atoms with Crippen LogP contribution in [-0.4, -0.2) is 9.78 Å². The molecule has 1 aromatic heterocycles. The highest BCUT2D eigenvalue weighted by atomic mass is 15.3. The second-order valence-corrected chi connectivity index (χ2v) is 3.47. The van der Waals surface area contributed by atoms with E-state index in [4.69, 9.17) is 5.73 Å². The van der Waals surface area contributed by atoms with Gasteiger partial charge in [-0.25, -0.2) is 0 Å². The van der Waals surface area contributed by atoms with Crippen molar-refractivity contribution >= 4 is 5.69 Å². The summed E-state index contributed by atoms with van der Waals surface area (Å²) >= 11 is 0. The Hall–Kier alpha value is -1.77. The highest BCUT2D eigenvalue weighted by Gasteiger charge is 2.05. The first-order valence-corrected chi connectivity index (χ1v) is 4.53. The lowest BCUT2D eigenvalue weighted by atomic mass is 10.1. The molecule has 72 valence electrons. The second kappa shape index (κ2) is 3.18. The van der Waals surface area contributed by atoms with Crippen molar-refractivity contribution in [3.05, 3.63) is 36.0 Å². The van der Waals surface area contributed by atoms with Crippen LogP contribution in [-0.2, 0) is 7.05 Å². The highest BCUT2D eigenvalue weighted by Crippen LogP contribution is 2.23. The summed E-state index contributed by atoms with van der Waals surface area (Å²) in [7, 11) is 1.87. The SMILES string of the molecule is Cc1ccc(-c2nn(C)cc2N)cc1. The van der Waals surface area contributed by atoms with Crippen LogP contribution in [0.4, 0.5) is 5.69 Å². The largest absolute Gasteiger partial charge is 0.396 e. The van der Waals surface area contributed by atoms with Crippen molar-refractivity contribution in [2.24, 2.45) is 7.05 Å². The lowest BCUT2D eigenvalue weighted by Gasteiger charge is -1.98. The van der Waals surface area contributed by atoms with E-state index in [1.54, 1.807) is 4.68 Å². The van der Waals surface area contributed by atoms with Gasteiger partial charge in [-0.2, -0.15) is 5.10 Å². The number of benzene rings is 1. The number of anilines is 1. The molecule has 2 N–H and O–H groups in total. The molecule has 0 amide bonds. The van der Waals surface area contributed by atoms with Crippen molar-refractivity contribution in [3.63, 3.8) is 0 Å². The molecule has 0 aliphatic rings. The van der Waals surface area contributed by atoms with E-state index in [1.165, 1.54) is 5.56 Å². The standard InChI is InChI=1S/C11H13N3/c1-8-3-5-9(6-4-8)11-10(12)7-14(2)13-11/h3-7H,12H2,1-2H3. The Morgan fingerprint density at radius 1 is 1.21 bits per heavy atom. The molecule has 0 saturated carbocycles. The third-order valence-corrected chi connectivity index (χ3v) is 2.18. The van der Waals surface area contributed by atoms with Crippen molar-refractivity contribution in [3.8, 4) is 11.3 Å². The predicted octanol–water partition coefficient (Wildman–Crippen LogP) is 1.98. The Morgan fingerprint density at radius 2 is 1.86 bits per heavy atom. The minimum Gasteiger partial charge on any atom is -0.396 e. The highest BCUT2D eigenvalue weighted by molar-refractivity contribution is 5.71. The number of hydrogen-bond donors (Lipinski definition) is 1. The van der Waals surface area contributed by atoms with Crippen LogP contribution in [0.15, 0.2) is 30.5 Å². The van der Waals surface area contributed by atoms with Gasteiger partial charge >= 0.3 is 0 Å². The third kappa shape index (κ3) is 1.48. The van der Waals surface area contributed by atoms with Gasteiger partial charge < -0.3 is 5.73 Å². The number of nitrogen functional groups attached to an aromatic ring is 1. The molecule has 0 saturated heterocycles. The number of aromatic nitrogens is 2. The molecule has 1 heterocycles. The Kier molecular flexibility index (Phi) is 2.00. The summed E-state index contributed by atoms with van der Waals surface area (Å²) < 4.78 is 1.73. The number of hydrogen-bond acceptors (Lipinski definition) is 2. The predicted molar refractivity (Wildman–Crippen MR) is 57.8 cm³/mol. The van der Waals surface area contributed by atoms with Crippen molar-refractivity contribution < 1.29 is 0 Å². The molecule has 2 aromatic rings. The smallest absolute Gasteiger partial charge is 0.115 e. The fraction of sp³-hybridized carbons (Fsp3) is 0.182. The summed E-state index contributed by atoms with van der Waals surface area (Å²) in [6.07, 6.45) is 1.81. The first kappa shape index (κ1) is 8.81. The average molecular weight is 187 g/mol. The lowest BCUT2D eigenvalue weighted by molar-refractivity contribution is 0.771. The maximum Gasteiger partial charge on any atom is 0.115 e. The lowest BCUT2D eigenvalue weighted by Crippen LogP contribution is -1.88. The summed E-state index contributed by atoms with van der Waals surface area (Å²) in [6, 6.07) is 8.19. The van der Waals surface area contributed by atoms with Gasteiger partial charge in [-0.1, -0.05) is 29.8 Å². The quantitative estimate of drug-likeness (QED) is 0.741. The molecule has 0 unspecified atom stereocenters. The molecule has 2 rings (SSSR count). The first-order valence-electron chi connectivity index (χ1n) is 4.53. The van der Waals surface area contributed by atoms with Crippen molar-refractivity contribution in [1.82, 2.24) is 9.78 Å². The zero-order valence-electron chi connectivity index (χ0n) is 8.36. The van der Waals surface area contributed by atoms with Crippen LogP contribution < -0.4 is 5.73 Å². The number of aryl methyl sites for hydroxylation is 2. The summed E-state index contributed by atoms with van der Waals surface area (Å²) in [5.41, 5.74) is 9.70. The third-order valence-electron chi connectivity index (χ3n) is 2.18. The van der Waals surface area contributed by atoms with E-state index in [0.29, 0.717) is 0 Å². The maximum atomic E-state index is 5.83. The minimum absolute atomic E-state index is 0.719. The van der Waals surface area contributed by atoms with E-state index in [2.05, 4.69) is 24.2 Å². The van der Waals surface area contributed by atoms with Crippen LogP contribution in [0.2, 0.25) is 0 Å². The normalized spacial score (nSPS) is 10.4. The van der Waals surface area contributed by atoms with Crippen LogP contribution in [0.5, 0.6) is 0 Å². The molecule has 0 spiro atoms. The molecule has 3 heteroatoms. The molecule has 3 nitrogen and oxygen atoms in total. The van der Waals surface area contributed by atoms with Gasteiger partial charge in [0.2, 0.25) is 0 Å².